The molecule has 0 saturated carbocycles. The van der Waals surface area contributed by atoms with E-state index < -0.39 is 0 Å². The first kappa shape index (κ1) is 88.1. The minimum Gasteiger partial charge on any atom is -0.315 e. The Morgan fingerprint density at radius 3 is 0.586 bits per heavy atom. The second kappa shape index (κ2) is 59.7. The lowest BCUT2D eigenvalue weighted by Gasteiger charge is -2.26. The highest BCUT2D eigenvalue weighted by molar-refractivity contribution is 5.86. The Kier molecular flexibility index (Phi) is 75.1. The van der Waals surface area contributed by atoms with Gasteiger partial charge in [-0.2, -0.15) is 0 Å². The first-order valence-corrected chi connectivity index (χ1v) is 23.5. The van der Waals surface area contributed by atoms with Gasteiger partial charge in [0.1, 0.15) is 0 Å². The molecule has 2 aromatic carbocycles. The van der Waals surface area contributed by atoms with Crippen molar-refractivity contribution in [2.24, 2.45) is 0 Å². The van der Waals surface area contributed by atoms with Crippen molar-refractivity contribution in [3.8, 4) is 0 Å². The minimum absolute atomic E-state index is 0. The van der Waals surface area contributed by atoms with Crippen LogP contribution in [0.25, 0.3) is 0 Å². The van der Waals surface area contributed by atoms with E-state index in [-0.39, 0.29) is 149 Å². The van der Waals surface area contributed by atoms with Gasteiger partial charge in [0.25, 0.3) is 0 Å². The normalized spacial score (nSPS) is 18.7. The molecule has 0 bridgehead atoms. The van der Waals surface area contributed by atoms with Crippen molar-refractivity contribution in [1.82, 2.24) is 62.1 Å². The van der Waals surface area contributed by atoms with Gasteiger partial charge in [0, 0.05) is 105 Å². The van der Waals surface area contributed by atoms with Crippen molar-refractivity contribution in [3.05, 3.63) is 70.8 Å². The van der Waals surface area contributed by atoms with Gasteiger partial charge in [0.15, 0.2) is 0 Å². The summed E-state index contributed by atoms with van der Waals surface area (Å²) in [4.78, 5) is 10.5. The van der Waals surface area contributed by atoms with Crippen LogP contribution in [-0.4, -0.2) is 177 Å². The molecule has 3 heterocycles. The second-order valence-electron chi connectivity index (χ2n) is 16.9. The summed E-state index contributed by atoms with van der Waals surface area (Å²) in [6.07, 6.45) is 7.12. The third kappa shape index (κ3) is 42.5. The monoisotopic (exact) mass is 1240 g/mol. The molecule has 0 amide bonds. The largest absolute Gasteiger partial charge is 0.315 e. The smallest absolute Gasteiger partial charge is 0.0234 e. The molecule has 70 heavy (non-hydrogen) atoms. The van der Waals surface area contributed by atoms with Gasteiger partial charge in [0.2, 0.25) is 0 Å². The van der Waals surface area contributed by atoms with Crippen molar-refractivity contribution in [2.45, 2.75) is 64.7 Å². The molecule has 3 saturated heterocycles. The Morgan fingerprint density at radius 2 is 0.386 bits per heavy atom. The third-order valence-corrected chi connectivity index (χ3v) is 11.8. The van der Waals surface area contributed by atoms with E-state index in [9.17, 15) is 0 Å². The van der Waals surface area contributed by atoms with Crippen molar-refractivity contribution in [3.63, 3.8) is 0 Å². The molecular formula is C46H96Cl12N12. The predicted molar refractivity (Wildman–Crippen MR) is 332 cm³/mol. The first-order chi connectivity index (χ1) is 28.8. The number of rotatable bonds is 8. The van der Waals surface area contributed by atoms with Crippen LogP contribution in [0.2, 0.25) is 0 Å². The van der Waals surface area contributed by atoms with Crippen LogP contribution < -0.4 is 42.5 Å². The van der Waals surface area contributed by atoms with Crippen LogP contribution in [-0.2, 0) is 26.2 Å². The lowest BCUT2D eigenvalue weighted by atomic mass is 10.1. The average molecular weight is 1240 g/mol. The summed E-state index contributed by atoms with van der Waals surface area (Å²) in [5, 5.41) is 29.1. The summed E-state index contributed by atoms with van der Waals surface area (Å²) in [7, 11) is 0. The fourth-order valence-electron chi connectivity index (χ4n) is 8.30. The van der Waals surface area contributed by atoms with Gasteiger partial charge in [0.05, 0.1) is 0 Å². The summed E-state index contributed by atoms with van der Waals surface area (Å²) >= 11 is 0. The summed E-state index contributed by atoms with van der Waals surface area (Å²) in [6, 6.07) is 19.0. The molecule has 0 radical (unpaired) electrons. The van der Waals surface area contributed by atoms with Gasteiger partial charge in [-0.25, -0.2) is 0 Å². The summed E-state index contributed by atoms with van der Waals surface area (Å²) in [6.45, 7) is 30.2. The zero-order valence-corrected chi connectivity index (χ0v) is 51.1. The highest BCUT2D eigenvalue weighted by Gasteiger charge is 2.12. The number of nitrogens with zero attached hydrogens (tertiary/aromatic N) is 4. The molecular weight excluding hydrogens is 1150 g/mol. The molecule has 5 rings (SSSR count). The molecule has 8 N–H and O–H groups in total. The Bertz CT molecular complexity index is 1170. The molecule has 24 heteroatoms. The quantitative estimate of drug-likeness (QED) is 0.143. The van der Waals surface area contributed by atoms with E-state index in [2.05, 4.69) is 111 Å². The van der Waals surface area contributed by atoms with Crippen molar-refractivity contribution in [1.29, 1.82) is 0 Å². The molecule has 12 nitrogen and oxygen atoms in total. The molecule has 3 aliphatic rings. The van der Waals surface area contributed by atoms with Crippen molar-refractivity contribution in [2.75, 3.05) is 157 Å². The number of benzene rings is 2. The maximum atomic E-state index is 3.78. The van der Waals surface area contributed by atoms with E-state index >= 15 is 0 Å². The topological polar surface area (TPSA) is 109 Å². The van der Waals surface area contributed by atoms with Crippen LogP contribution in [0.3, 0.4) is 0 Å². The molecule has 424 valence electrons. The predicted octanol–water partition coefficient (Wildman–Crippen LogP) is 6.75. The zero-order chi connectivity index (χ0) is 40.0. The third-order valence-electron chi connectivity index (χ3n) is 11.8. The Labute approximate surface area is 499 Å². The van der Waals surface area contributed by atoms with Crippen LogP contribution in [0, 0.1) is 0 Å². The highest BCUT2D eigenvalue weighted by atomic mass is 35.5. The number of halogens is 12. The standard InChI is InChI=1S/C46H84N12.12ClH/c1-15-47-23-25-49-19-3-31-55(35-27-51-17-1)39-43-7-11-45(12-8-43)41-57-33-5-21-54-30-38-58(34-6-22-53-29-37-57)42-46-13-9-44(10-14-46)40-56-32-4-20-50-26-24-48-16-2-18-52-28-36-56;;;;;;;;;;;;/h7-14,47-54H,1-6,15-42H2;12*1H. The lowest BCUT2D eigenvalue weighted by molar-refractivity contribution is 0.241. The van der Waals surface area contributed by atoms with E-state index in [1.165, 1.54) is 60.8 Å². The van der Waals surface area contributed by atoms with Crippen LogP contribution in [0.4, 0.5) is 0 Å². The van der Waals surface area contributed by atoms with Gasteiger partial charge in [-0.05, 0) is 139 Å². The summed E-state index contributed by atoms with van der Waals surface area (Å²) in [5.74, 6) is 0. The molecule has 3 aliphatic heterocycles. The van der Waals surface area contributed by atoms with E-state index in [1.807, 2.05) is 0 Å². The zero-order valence-electron chi connectivity index (χ0n) is 41.3. The highest BCUT2D eigenvalue weighted by Crippen LogP contribution is 2.13. The Morgan fingerprint density at radius 1 is 0.214 bits per heavy atom. The van der Waals surface area contributed by atoms with Crippen LogP contribution >= 0.6 is 149 Å². The Hall–Kier alpha value is 1.44. The van der Waals surface area contributed by atoms with Gasteiger partial charge < -0.3 is 42.5 Å². The van der Waals surface area contributed by atoms with Gasteiger partial charge in [-0.15, -0.1) is 149 Å². The Balaban J connectivity index is -0.000000534. The van der Waals surface area contributed by atoms with Crippen LogP contribution in [0.1, 0.15) is 60.8 Å². The van der Waals surface area contributed by atoms with E-state index in [1.54, 1.807) is 0 Å². The SMILES string of the molecule is Cl.Cl.Cl.Cl.Cl.Cl.Cl.Cl.Cl.Cl.Cl.Cl.c1cc(CN2CCCNCCN(Cc3ccc(CN4CCCNCCNCCCNCC4)cc3)CCCNCC2)ccc1CN1CCCNCCNCCCNCC1. The van der Waals surface area contributed by atoms with E-state index in [4.69, 9.17) is 0 Å². The fraction of sp³-hybridized carbons (Fsp3) is 0.739. The molecule has 0 atom stereocenters. The molecule has 0 aromatic heterocycles. The van der Waals surface area contributed by atoms with E-state index in [0.29, 0.717) is 0 Å². The number of nitrogens with one attached hydrogen (secondary N) is 8. The molecule has 0 unspecified atom stereocenters. The van der Waals surface area contributed by atoms with Gasteiger partial charge in [-0.3, -0.25) is 19.6 Å². The maximum absolute atomic E-state index is 3.78. The minimum atomic E-state index is 0. The molecule has 2 aromatic rings. The van der Waals surface area contributed by atoms with E-state index in [0.717, 1.165) is 183 Å². The van der Waals surface area contributed by atoms with Crippen molar-refractivity contribution >= 4 is 149 Å². The average Bonchev–Trinajstić information content (AvgIpc) is 3.24. The van der Waals surface area contributed by atoms with Gasteiger partial charge in [-0.1, -0.05) is 48.5 Å². The molecule has 0 aliphatic carbocycles. The second-order valence-corrected chi connectivity index (χ2v) is 16.9. The summed E-state index contributed by atoms with van der Waals surface area (Å²) in [5.41, 5.74) is 5.70. The lowest BCUT2D eigenvalue weighted by Crippen LogP contribution is -2.38. The van der Waals surface area contributed by atoms with Crippen molar-refractivity contribution < 1.29 is 0 Å². The maximum Gasteiger partial charge on any atom is 0.0234 e. The summed E-state index contributed by atoms with van der Waals surface area (Å²) < 4.78 is 0. The first-order valence-electron chi connectivity index (χ1n) is 23.5. The van der Waals surface area contributed by atoms with Gasteiger partial charge >= 0.3 is 0 Å². The fourth-order valence-corrected chi connectivity index (χ4v) is 8.30. The van der Waals surface area contributed by atoms with Crippen LogP contribution in [0.15, 0.2) is 48.5 Å². The molecule has 0 spiro atoms. The number of hydrogen-bond donors (Lipinski definition) is 8. The number of hydrogen-bond acceptors (Lipinski definition) is 12. The molecule has 3 fully saturated rings. The van der Waals surface area contributed by atoms with Crippen LogP contribution in [0.5, 0.6) is 0 Å².